The molecule has 1 heteroatoms. The highest BCUT2D eigenvalue weighted by molar-refractivity contribution is 5.25. The summed E-state index contributed by atoms with van der Waals surface area (Å²) in [6.45, 7) is 5.57. The Labute approximate surface area is 187 Å². The molecule has 2 fully saturated rings. The van der Waals surface area contributed by atoms with Crippen molar-refractivity contribution in [3.8, 4) is 0 Å². The van der Waals surface area contributed by atoms with Crippen LogP contribution in [0.5, 0.6) is 0 Å². The second-order valence-corrected chi connectivity index (χ2v) is 10.4. The predicted octanol–water partition coefficient (Wildman–Crippen LogP) is 8.85. The van der Waals surface area contributed by atoms with Gasteiger partial charge in [-0.05, 0) is 73.8 Å². The molecule has 0 atom stereocenters. The number of hydrogen-bond donors (Lipinski definition) is 0. The molecule has 2 aliphatic carbocycles. The lowest BCUT2D eigenvalue weighted by molar-refractivity contribution is 0.0204. The van der Waals surface area contributed by atoms with E-state index in [4.69, 9.17) is 4.74 Å². The second-order valence-electron chi connectivity index (χ2n) is 10.4. The molecule has 1 aromatic rings. The van der Waals surface area contributed by atoms with E-state index in [-0.39, 0.29) is 0 Å². The first kappa shape index (κ1) is 23.8. The third kappa shape index (κ3) is 8.03. The summed E-state index contributed by atoms with van der Waals surface area (Å²) in [7, 11) is 0. The summed E-state index contributed by atoms with van der Waals surface area (Å²) < 4.78 is 6.30. The van der Waals surface area contributed by atoms with Gasteiger partial charge in [-0.1, -0.05) is 95.9 Å². The fourth-order valence-electron chi connectivity index (χ4n) is 5.92. The van der Waals surface area contributed by atoms with E-state index in [1.54, 1.807) is 5.56 Å². The normalized spacial score (nSPS) is 27.3. The first-order valence-corrected chi connectivity index (χ1v) is 13.5. The van der Waals surface area contributed by atoms with E-state index in [1.807, 2.05) is 0 Å². The maximum Gasteiger partial charge on any atom is 0.0575 e. The van der Waals surface area contributed by atoms with Gasteiger partial charge in [0.15, 0.2) is 0 Å². The van der Waals surface area contributed by atoms with Crippen molar-refractivity contribution in [3.63, 3.8) is 0 Å². The van der Waals surface area contributed by atoms with Crippen molar-refractivity contribution in [2.24, 2.45) is 11.8 Å². The lowest BCUT2D eigenvalue weighted by Gasteiger charge is -2.30. The summed E-state index contributed by atoms with van der Waals surface area (Å²) in [5.74, 6) is 2.79. The summed E-state index contributed by atoms with van der Waals surface area (Å²) in [5.41, 5.74) is 3.04. The van der Waals surface area contributed by atoms with Crippen LogP contribution in [-0.2, 0) is 11.2 Å². The first-order valence-electron chi connectivity index (χ1n) is 13.5. The molecule has 0 N–H and O–H groups in total. The van der Waals surface area contributed by atoms with Gasteiger partial charge in [0, 0.05) is 6.61 Å². The smallest absolute Gasteiger partial charge is 0.0575 e. The van der Waals surface area contributed by atoms with E-state index in [0.717, 1.165) is 24.4 Å². The van der Waals surface area contributed by atoms with Crippen LogP contribution in [0.3, 0.4) is 0 Å². The number of unbranched alkanes of at least 4 members (excludes halogenated alkanes) is 2. The molecule has 170 valence electrons. The third-order valence-electron chi connectivity index (χ3n) is 7.96. The zero-order valence-corrected chi connectivity index (χ0v) is 20.0. The van der Waals surface area contributed by atoms with E-state index < -0.39 is 0 Å². The van der Waals surface area contributed by atoms with Gasteiger partial charge in [0.25, 0.3) is 0 Å². The largest absolute Gasteiger partial charge is 0.378 e. The highest BCUT2D eigenvalue weighted by atomic mass is 16.5. The monoisotopic (exact) mass is 412 g/mol. The molecule has 30 heavy (non-hydrogen) atoms. The average Bonchev–Trinajstić information content (AvgIpc) is 2.79. The van der Waals surface area contributed by atoms with Crippen molar-refractivity contribution < 1.29 is 4.74 Å². The molecule has 2 saturated carbocycles. The lowest BCUT2D eigenvalue weighted by atomic mass is 9.78. The molecule has 0 unspecified atom stereocenters. The fraction of sp³-hybridized carbons (Fsp3) is 0.793. The molecule has 3 rings (SSSR count). The Bertz CT molecular complexity index is 546. The van der Waals surface area contributed by atoms with Crippen LogP contribution in [0.1, 0.15) is 127 Å². The number of ether oxygens (including phenoxy) is 1. The van der Waals surface area contributed by atoms with E-state index >= 15 is 0 Å². The van der Waals surface area contributed by atoms with Crippen LogP contribution >= 0.6 is 0 Å². The summed E-state index contributed by atoms with van der Waals surface area (Å²) in [6, 6.07) is 9.46. The average molecular weight is 413 g/mol. The summed E-state index contributed by atoms with van der Waals surface area (Å²) >= 11 is 0. The van der Waals surface area contributed by atoms with Crippen molar-refractivity contribution in [2.45, 2.75) is 129 Å². The molecule has 2 aliphatic rings. The third-order valence-corrected chi connectivity index (χ3v) is 7.96. The molecule has 0 spiro atoms. The number of benzene rings is 1. The van der Waals surface area contributed by atoms with Gasteiger partial charge in [-0.25, -0.2) is 0 Å². The number of aryl methyl sites for hydroxylation is 1. The van der Waals surface area contributed by atoms with E-state index in [2.05, 4.69) is 38.1 Å². The minimum absolute atomic E-state index is 0.523. The Morgan fingerprint density at radius 1 is 0.700 bits per heavy atom. The number of rotatable bonds is 12. The molecule has 0 heterocycles. The van der Waals surface area contributed by atoms with Gasteiger partial charge in [-0.3, -0.25) is 0 Å². The van der Waals surface area contributed by atoms with Gasteiger partial charge >= 0.3 is 0 Å². The number of hydrogen-bond acceptors (Lipinski definition) is 1. The van der Waals surface area contributed by atoms with E-state index in [9.17, 15) is 0 Å². The highest BCUT2D eigenvalue weighted by Gasteiger charge is 2.23. The molecule has 0 aromatic heterocycles. The Kier molecular flexibility index (Phi) is 10.8. The van der Waals surface area contributed by atoms with Crippen molar-refractivity contribution in [2.75, 3.05) is 6.61 Å². The van der Waals surface area contributed by atoms with Crippen LogP contribution in [0.2, 0.25) is 0 Å². The molecule has 1 aromatic carbocycles. The van der Waals surface area contributed by atoms with Crippen molar-refractivity contribution in [1.29, 1.82) is 0 Å². The zero-order chi connectivity index (χ0) is 21.0. The summed E-state index contributed by atoms with van der Waals surface area (Å²) in [5, 5.41) is 0. The SMILES string of the molecule is CCCCCC1CCC(CCCOC2CCC(c3ccc(CCC)cc3)CC2)CC1. The first-order chi connectivity index (χ1) is 14.8. The molecule has 0 radical (unpaired) electrons. The van der Waals surface area contributed by atoms with Crippen LogP contribution in [-0.4, -0.2) is 12.7 Å². The molecular weight excluding hydrogens is 364 g/mol. The van der Waals surface area contributed by atoms with Gasteiger partial charge in [-0.15, -0.1) is 0 Å². The van der Waals surface area contributed by atoms with Crippen LogP contribution in [0.4, 0.5) is 0 Å². The van der Waals surface area contributed by atoms with Gasteiger partial charge < -0.3 is 4.74 Å². The van der Waals surface area contributed by atoms with Crippen LogP contribution in [0.15, 0.2) is 24.3 Å². The van der Waals surface area contributed by atoms with Crippen LogP contribution < -0.4 is 0 Å². The van der Waals surface area contributed by atoms with Crippen molar-refractivity contribution in [3.05, 3.63) is 35.4 Å². The molecule has 0 saturated heterocycles. The fourth-order valence-corrected chi connectivity index (χ4v) is 5.92. The van der Waals surface area contributed by atoms with Gasteiger partial charge in [0.1, 0.15) is 0 Å². The van der Waals surface area contributed by atoms with Crippen molar-refractivity contribution in [1.82, 2.24) is 0 Å². The highest BCUT2D eigenvalue weighted by Crippen LogP contribution is 2.36. The van der Waals surface area contributed by atoms with Gasteiger partial charge in [0.05, 0.1) is 6.10 Å². The Morgan fingerprint density at radius 2 is 1.33 bits per heavy atom. The second kappa shape index (κ2) is 13.6. The van der Waals surface area contributed by atoms with E-state index in [0.29, 0.717) is 6.10 Å². The Balaban J connectivity index is 1.23. The molecule has 1 nitrogen and oxygen atoms in total. The van der Waals surface area contributed by atoms with Gasteiger partial charge in [-0.2, -0.15) is 0 Å². The minimum Gasteiger partial charge on any atom is -0.378 e. The quantitative estimate of drug-likeness (QED) is 0.311. The summed E-state index contributed by atoms with van der Waals surface area (Å²) in [4.78, 5) is 0. The summed E-state index contributed by atoms with van der Waals surface area (Å²) in [6.07, 6.45) is 22.5. The zero-order valence-electron chi connectivity index (χ0n) is 20.0. The minimum atomic E-state index is 0.523. The maximum atomic E-state index is 6.30. The topological polar surface area (TPSA) is 9.23 Å². The van der Waals surface area contributed by atoms with Gasteiger partial charge in [0.2, 0.25) is 0 Å². The Morgan fingerprint density at radius 3 is 1.93 bits per heavy atom. The van der Waals surface area contributed by atoms with Crippen LogP contribution in [0.25, 0.3) is 0 Å². The van der Waals surface area contributed by atoms with E-state index in [1.165, 1.54) is 108 Å². The standard InChI is InChI=1S/C29H48O/c1-3-5-6-9-25-11-13-26(14-12-25)10-7-23-30-29-21-19-28(20-22-29)27-17-15-24(8-4-2)16-18-27/h15-18,25-26,28-29H,3-14,19-23H2,1-2H3. The molecular formula is C29H48O. The Hall–Kier alpha value is -0.820. The lowest BCUT2D eigenvalue weighted by Crippen LogP contribution is -2.21. The molecule has 0 amide bonds. The van der Waals surface area contributed by atoms with Crippen LogP contribution in [0, 0.1) is 11.8 Å². The van der Waals surface area contributed by atoms with Crippen molar-refractivity contribution >= 4 is 0 Å². The molecule has 0 aliphatic heterocycles. The predicted molar refractivity (Wildman–Crippen MR) is 130 cm³/mol. The maximum absolute atomic E-state index is 6.30. The molecule has 0 bridgehead atoms.